The highest BCUT2D eigenvalue weighted by Crippen LogP contribution is 2.12. The number of nitrogens with zero attached hydrogens (tertiary/aromatic N) is 1. The lowest BCUT2D eigenvalue weighted by Crippen LogP contribution is -2.58. The largest absolute Gasteiger partial charge is 0.508 e. The number of phenolic OH excluding ortho intramolecular Hbond substituents is 1. The van der Waals surface area contributed by atoms with Crippen molar-refractivity contribution in [2.75, 3.05) is 6.54 Å². The zero-order chi connectivity index (χ0) is 31.1. The van der Waals surface area contributed by atoms with Gasteiger partial charge in [-0.1, -0.05) is 12.1 Å². The SMILES string of the molecule is NC(=O)CC(NC(=O)C(N)CCCN=C(N)N)C(=O)NC(CCC(=O)O)C(=O)NC(Cc1ccc(O)cc1)C(=O)O. The van der Waals surface area contributed by atoms with Crippen LogP contribution < -0.4 is 38.9 Å². The Morgan fingerprint density at radius 3 is 1.90 bits per heavy atom. The Kier molecular flexibility index (Phi) is 14.1. The van der Waals surface area contributed by atoms with Gasteiger partial charge in [0.2, 0.25) is 23.6 Å². The number of nitrogens with two attached hydrogens (primary N) is 4. The van der Waals surface area contributed by atoms with E-state index in [0.29, 0.717) is 12.0 Å². The molecule has 1 aromatic carbocycles. The molecule has 0 aliphatic heterocycles. The lowest BCUT2D eigenvalue weighted by atomic mass is 10.0. The molecular weight excluding hydrogens is 544 g/mol. The summed E-state index contributed by atoms with van der Waals surface area (Å²) in [5.41, 5.74) is 21.9. The van der Waals surface area contributed by atoms with Crippen molar-refractivity contribution in [3.8, 4) is 5.75 Å². The van der Waals surface area contributed by atoms with Crippen molar-refractivity contribution in [2.24, 2.45) is 27.9 Å². The molecular formula is C24H36N8O9. The summed E-state index contributed by atoms with van der Waals surface area (Å²) in [7, 11) is 0. The molecule has 226 valence electrons. The number of carbonyl (C=O) groups is 6. The summed E-state index contributed by atoms with van der Waals surface area (Å²) in [5.74, 6) is -6.77. The number of carbonyl (C=O) groups excluding carboxylic acids is 4. The maximum atomic E-state index is 13.0. The van der Waals surface area contributed by atoms with Crippen LogP contribution in [0.25, 0.3) is 0 Å². The predicted octanol–water partition coefficient (Wildman–Crippen LogP) is -3.41. The van der Waals surface area contributed by atoms with Gasteiger partial charge in [0.25, 0.3) is 0 Å². The lowest BCUT2D eigenvalue weighted by molar-refractivity contribution is -0.143. The number of amides is 4. The summed E-state index contributed by atoms with van der Waals surface area (Å²) in [6, 6.07) is -0.168. The van der Waals surface area contributed by atoms with Gasteiger partial charge in [0.15, 0.2) is 5.96 Å². The van der Waals surface area contributed by atoms with E-state index in [2.05, 4.69) is 20.9 Å². The van der Waals surface area contributed by atoms with E-state index in [9.17, 15) is 39.0 Å². The molecule has 0 aromatic heterocycles. The Labute approximate surface area is 234 Å². The van der Waals surface area contributed by atoms with E-state index in [1.54, 1.807) is 0 Å². The van der Waals surface area contributed by atoms with E-state index in [-0.39, 0.29) is 31.1 Å². The third kappa shape index (κ3) is 13.6. The monoisotopic (exact) mass is 580 g/mol. The number of hydrogen-bond donors (Lipinski definition) is 10. The topological polar surface area (TPSA) is 316 Å². The molecule has 4 atom stereocenters. The van der Waals surface area contributed by atoms with Crippen molar-refractivity contribution in [3.63, 3.8) is 0 Å². The Morgan fingerprint density at radius 1 is 0.805 bits per heavy atom. The maximum Gasteiger partial charge on any atom is 0.326 e. The molecule has 0 saturated heterocycles. The molecule has 17 nitrogen and oxygen atoms in total. The van der Waals surface area contributed by atoms with E-state index in [4.69, 9.17) is 28.0 Å². The van der Waals surface area contributed by atoms with Crippen molar-refractivity contribution in [1.29, 1.82) is 0 Å². The van der Waals surface area contributed by atoms with Crippen molar-refractivity contribution in [2.45, 2.75) is 62.7 Å². The molecule has 1 aromatic rings. The molecule has 4 amide bonds. The van der Waals surface area contributed by atoms with Crippen LogP contribution in [-0.4, -0.2) is 87.6 Å². The van der Waals surface area contributed by atoms with Gasteiger partial charge >= 0.3 is 11.9 Å². The number of carboxylic acid groups (broad SMARTS) is 2. The number of guanidine groups is 1. The van der Waals surface area contributed by atoms with Gasteiger partial charge in [-0.25, -0.2) is 4.79 Å². The first-order valence-corrected chi connectivity index (χ1v) is 12.4. The first-order chi connectivity index (χ1) is 19.2. The fraction of sp³-hybridized carbons (Fsp3) is 0.458. The van der Waals surface area contributed by atoms with Crippen molar-refractivity contribution < 1.29 is 44.1 Å². The molecule has 0 aliphatic rings. The number of rotatable bonds is 18. The van der Waals surface area contributed by atoms with Crippen LogP contribution in [0.2, 0.25) is 0 Å². The van der Waals surface area contributed by atoms with Crippen LogP contribution >= 0.6 is 0 Å². The van der Waals surface area contributed by atoms with Crippen molar-refractivity contribution in [1.82, 2.24) is 16.0 Å². The van der Waals surface area contributed by atoms with Gasteiger partial charge < -0.3 is 54.2 Å². The summed E-state index contributed by atoms with van der Waals surface area (Å²) < 4.78 is 0. The summed E-state index contributed by atoms with van der Waals surface area (Å²) in [6.07, 6.45) is -1.45. The molecule has 41 heavy (non-hydrogen) atoms. The van der Waals surface area contributed by atoms with Crippen molar-refractivity contribution >= 4 is 41.5 Å². The highest BCUT2D eigenvalue weighted by molar-refractivity contribution is 5.96. The molecule has 0 bridgehead atoms. The summed E-state index contributed by atoms with van der Waals surface area (Å²) in [4.78, 5) is 76.7. The molecule has 17 heteroatoms. The molecule has 0 fully saturated rings. The number of phenols is 1. The van der Waals surface area contributed by atoms with Gasteiger partial charge in [0.1, 0.15) is 23.9 Å². The fourth-order valence-corrected chi connectivity index (χ4v) is 3.49. The third-order valence-electron chi connectivity index (χ3n) is 5.61. The summed E-state index contributed by atoms with van der Waals surface area (Å²) in [6.45, 7) is 0.193. The average Bonchev–Trinajstić information content (AvgIpc) is 2.88. The predicted molar refractivity (Wildman–Crippen MR) is 144 cm³/mol. The van der Waals surface area contributed by atoms with Gasteiger partial charge in [0, 0.05) is 19.4 Å². The zero-order valence-corrected chi connectivity index (χ0v) is 22.1. The second-order valence-electron chi connectivity index (χ2n) is 9.05. The minimum Gasteiger partial charge on any atom is -0.508 e. The molecule has 1 rings (SSSR count). The number of carboxylic acids is 2. The first kappa shape index (κ1) is 34.1. The van der Waals surface area contributed by atoms with E-state index in [1.165, 1.54) is 24.3 Å². The van der Waals surface area contributed by atoms with Crippen LogP contribution in [0.15, 0.2) is 29.3 Å². The molecule has 0 spiro atoms. The second kappa shape index (κ2) is 16.9. The Morgan fingerprint density at radius 2 is 1.37 bits per heavy atom. The highest BCUT2D eigenvalue weighted by atomic mass is 16.4. The van der Waals surface area contributed by atoms with Gasteiger partial charge in [-0.3, -0.25) is 29.0 Å². The standard InChI is InChI=1S/C24H36N8O9/c25-14(2-1-9-29-24(27)28)20(37)31-16(11-18(26)34)22(39)30-15(7-8-19(35)36)21(38)32-17(23(40)41)10-12-3-5-13(33)6-4-12/h3-6,14-17,33H,1-2,7-11,25H2,(H2,26,34)(H,30,39)(H,31,37)(H,32,38)(H,35,36)(H,40,41)(H4,27,28,29). The Hall–Kier alpha value is -4.93. The minimum absolute atomic E-state index is 0.0504. The van der Waals surface area contributed by atoms with Gasteiger partial charge in [-0.15, -0.1) is 0 Å². The second-order valence-corrected chi connectivity index (χ2v) is 9.05. The molecule has 0 heterocycles. The first-order valence-electron chi connectivity index (χ1n) is 12.4. The zero-order valence-electron chi connectivity index (χ0n) is 22.1. The van der Waals surface area contributed by atoms with Gasteiger partial charge in [0.05, 0.1) is 12.5 Å². The summed E-state index contributed by atoms with van der Waals surface area (Å²) in [5, 5.41) is 34.9. The minimum atomic E-state index is -1.57. The van der Waals surface area contributed by atoms with Crippen LogP contribution in [0.4, 0.5) is 0 Å². The number of hydrogen-bond acceptors (Lipinski definition) is 9. The average molecular weight is 581 g/mol. The molecule has 0 radical (unpaired) electrons. The van der Waals surface area contributed by atoms with Crippen LogP contribution in [0.5, 0.6) is 5.75 Å². The lowest BCUT2D eigenvalue weighted by Gasteiger charge is -2.24. The Bertz CT molecular complexity index is 1120. The van der Waals surface area contributed by atoms with Gasteiger partial charge in [-0.2, -0.15) is 0 Å². The Balaban J connectivity index is 3.00. The van der Waals surface area contributed by atoms with Crippen LogP contribution in [0, 0.1) is 0 Å². The molecule has 14 N–H and O–H groups in total. The number of aliphatic carboxylic acids is 2. The van der Waals surface area contributed by atoms with E-state index < -0.39 is 79.0 Å². The number of benzene rings is 1. The molecule has 4 unspecified atom stereocenters. The number of primary amides is 1. The number of nitrogens with one attached hydrogen (secondary N) is 3. The van der Waals surface area contributed by atoms with Crippen LogP contribution in [-0.2, 0) is 35.2 Å². The number of aromatic hydroxyl groups is 1. The molecule has 0 saturated carbocycles. The third-order valence-corrected chi connectivity index (χ3v) is 5.61. The van der Waals surface area contributed by atoms with Crippen LogP contribution in [0.3, 0.4) is 0 Å². The normalized spacial score (nSPS) is 13.5. The van der Waals surface area contributed by atoms with Crippen LogP contribution in [0.1, 0.15) is 37.7 Å². The molecule has 0 aliphatic carbocycles. The number of aliphatic imine (C=N–C) groups is 1. The quantitative estimate of drug-likeness (QED) is 0.0461. The van der Waals surface area contributed by atoms with E-state index in [0.717, 1.165) is 0 Å². The van der Waals surface area contributed by atoms with E-state index in [1.807, 2.05) is 0 Å². The highest BCUT2D eigenvalue weighted by Gasteiger charge is 2.31. The fourth-order valence-electron chi connectivity index (χ4n) is 3.49. The van der Waals surface area contributed by atoms with Crippen molar-refractivity contribution in [3.05, 3.63) is 29.8 Å². The maximum absolute atomic E-state index is 13.0. The van der Waals surface area contributed by atoms with E-state index >= 15 is 0 Å². The summed E-state index contributed by atoms with van der Waals surface area (Å²) >= 11 is 0. The smallest absolute Gasteiger partial charge is 0.326 e. The van der Waals surface area contributed by atoms with Gasteiger partial charge in [-0.05, 0) is 37.0 Å².